The van der Waals surface area contributed by atoms with Gasteiger partial charge < -0.3 is 15.2 Å². The molecule has 0 saturated carbocycles. The number of alkyl halides is 3. The van der Waals surface area contributed by atoms with E-state index >= 15 is 0 Å². The number of nitrogens with one attached hydrogen (secondary N) is 2. The van der Waals surface area contributed by atoms with Crippen molar-refractivity contribution in [3.63, 3.8) is 0 Å². The third-order valence-electron chi connectivity index (χ3n) is 5.02. The zero-order valence-electron chi connectivity index (χ0n) is 16.4. The predicted octanol–water partition coefficient (Wildman–Crippen LogP) is 3.72. The molecule has 1 aliphatic heterocycles. The number of hydrogen-bond acceptors (Lipinski definition) is 6. The molecule has 1 saturated heterocycles. The summed E-state index contributed by atoms with van der Waals surface area (Å²) in [6.45, 7) is 0.554. The van der Waals surface area contributed by atoms with Gasteiger partial charge in [0.05, 0.1) is 11.6 Å². The third kappa shape index (κ3) is 4.82. The number of halogens is 3. The molecule has 8 nitrogen and oxygen atoms in total. The van der Waals surface area contributed by atoms with E-state index in [0.717, 1.165) is 17.7 Å². The van der Waals surface area contributed by atoms with Gasteiger partial charge in [-0.25, -0.2) is 4.79 Å². The molecular formula is C20H19F3N6O2. The highest BCUT2D eigenvalue weighted by Gasteiger charge is 2.35. The van der Waals surface area contributed by atoms with Gasteiger partial charge in [0.25, 0.3) is 0 Å². The Bertz CT molecular complexity index is 1040. The Balaban J connectivity index is 1.35. The molecule has 1 aliphatic rings. The van der Waals surface area contributed by atoms with E-state index in [0.29, 0.717) is 24.7 Å². The van der Waals surface area contributed by atoms with Crippen LogP contribution in [0.4, 0.5) is 23.7 Å². The number of benzene rings is 1. The minimum Gasteiger partial charge on any atom is -0.337 e. The van der Waals surface area contributed by atoms with Gasteiger partial charge in [-0.15, -0.1) is 0 Å². The van der Waals surface area contributed by atoms with Crippen LogP contribution in [0.3, 0.4) is 0 Å². The van der Waals surface area contributed by atoms with Gasteiger partial charge in [0, 0.05) is 36.2 Å². The molecule has 31 heavy (non-hydrogen) atoms. The zero-order chi connectivity index (χ0) is 22.0. The monoisotopic (exact) mass is 432 g/mol. The standard InChI is InChI=1S/C20H19F3N6O2/c1-29-11-15(26-19(30)25-14-4-2-13(3-5-14)20(21,22)23)10-16(29)18-27-17(28-31-18)12-6-8-24-9-7-12/h2-9,15-16H,10-11H2,1H3,(H2,25,26,30). The van der Waals surface area contributed by atoms with Crippen molar-refractivity contribution in [3.05, 3.63) is 60.2 Å². The zero-order valence-corrected chi connectivity index (χ0v) is 16.4. The average Bonchev–Trinajstić information content (AvgIpc) is 3.35. The van der Waals surface area contributed by atoms with Gasteiger partial charge in [0.2, 0.25) is 11.7 Å². The average molecular weight is 432 g/mol. The summed E-state index contributed by atoms with van der Waals surface area (Å²) in [6.07, 6.45) is -0.588. The van der Waals surface area contributed by atoms with Crippen molar-refractivity contribution in [3.8, 4) is 11.4 Å². The third-order valence-corrected chi connectivity index (χ3v) is 5.02. The number of aromatic nitrogens is 3. The molecule has 162 valence electrons. The number of urea groups is 1. The van der Waals surface area contributed by atoms with Crippen molar-refractivity contribution < 1.29 is 22.5 Å². The van der Waals surface area contributed by atoms with Crippen molar-refractivity contribution in [1.29, 1.82) is 0 Å². The molecule has 0 spiro atoms. The fraction of sp³-hybridized carbons (Fsp3) is 0.300. The van der Waals surface area contributed by atoms with Gasteiger partial charge in [-0.1, -0.05) is 5.16 Å². The molecule has 11 heteroatoms. The molecule has 1 aromatic carbocycles. The molecule has 3 aromatic rings. The lowest BCUT2D eigenvalue weighted by molar-refractivity contribution is -0.137. The van der Waals surface area contributed by atoms with E-state index in [1.54, 1.807) is 24.5 Å². The van der Waals surface area contributed by atoms with Gasteiger partial charge in [-0.2, -0.15) is 18.2 Å². The lowest BCUT2D eigenvalue weighted by Crippen LogP contribution is -2.39. The molecule has 1 fully saturated rings. The van der Waals surface area contributed by atoms with Crippen LogP contribution >= 0.6 is 0 Å². The molecule has 0 radical (unpaired) electrons. The summed E-state index contributed by atoms with van der Waals surface area (Å²) < 4.78 is 43.3. The minimum atomic E-state index is -4.42. The maximum Gasteiger partial charge on any atom is 0.416 e. The highest BCUT2D eigenvalue weighted by Crippen LogP contribution is 2.31. The number of pyridine rings is 1. The molecule has 2 unspecified atom stereocenters. The minimum absolute atomic E-state index is 0.167. The molecule has 3 heterocycles. The first kappa shape index (κ1) is 20.8. The normalized spacial score (nSPS) is 19.4. The first-order valence-corrected chi connectivity index (χ1v) is 9.48. The number of carbonyl (C=O) groups excluding carboxylic acids is 1. The van der Waals surface area contributed by atoms with Crippen LogP contribution < -0.4 is 10.6 Å². The number of hydrogen-bond donors (Lipinski definition) is 2. The summed E-state index contributed by atoms with van der Waals surface area (Å²) in [4.78, 5) is 22.7. The molecule has 2 atom stereocenters. The second-order valence-corrected chi connectivity index (χ2v) is 7.25. The van der Waals surface area contributed by atoms with Crippen molar-refractivity contribution in [1.82, 2.24) is 25.3 Å². The van der Waals surface area contributed by atoms with Gasteiger partial charge >= 0.3 is 12.2 Å². The smallest absolute Gasteiger partial charge is 0.337 e. The van der Waals surface area contributed by atoms with Crippen molar-refractivity contribution in [2.45, 2.75) is 24.7 Å². The van der Waals surface area contributed by atoms with E-state index in [9.17, 15) is 18.0 Å². The van der Waals surface area contributed by atoms with Crippen molar-refractivity contribution in [2.24, 2.45) is 0 Å². The highest BCUT2D eigenvalue weighted by molar-refractivity contribution is 5.89. The van der Waals surface area contributed by atoms with E-state index in [1.807, 2.05) is 11.9 Å². The maximum atomic E-state index is 12.6. The Morgan fingerprint density at radius 1 is 1.16 bits per heavy atom. The van der Waals surface area contributed by atoms with E-state index in [4.69, 9.17) is 4.52 Å². The number of rotatable bonds is 4. The summed E-state index contributed by atoms with van der Waals surface area (Å²) in [5, 5.41) is 9.39. The van der Waals surface area contributed by atoms with Crippen LogP contribution in [0.1, 0.15) is 23.9 Å². The van der Waals surface area contributed by atoms with Gasteiger partial charge in [-0.3, -0.25) is 9.88 Å². The van der Waals surface area contributed by atoms with Crippen molar-refractivity contribution in [2.75, 3.05) is 18.9 Å². The lowest BCUT2D eigenvalue weighted by atomic mass is 10.1. The fourth-order valence-corrected chi connectivity index (χ4v) is 3.48. The second kappa shape index (κ2) is 8.34. The lowest BCUT2D eigenvalue weighted by Gasteiger charge is -2.14. The Labute approximate surface area is 175 Å². The highest BCUT2D eigenvalue weighted by atomic mass is 19.4. The van der Waals surface area contributed by atoms with Crippen LogP contribution in [-0.4, -0.2) is 45.7 Å². The van der Waals surface area contributed by atoms with E-state index in [2.05, 4.69) is 25.8 Å². The molecule has 0 bridgehead atoms. The number of anilines is 1. The van der Waals surface area contributed by atoms with Crippen LogP contribution in [0.2, 0.25) is 0 Å². The Kier molecular flexibility index (Phi) is 5.59. The molecular weight excluding hydrogens is 413 g/mol. The summed E-state index contributed by atoms with van der Waals surface area (Å²) in [5.74, 6) is 0.906. The van der Waals surface area contributed by atoms with Crippen LogP contribution in [-0.2, 0) is 6.18 Å². The largest absolute Gasteiger partial charge is 0.416 e. The van der Waals surface area contributed by atoms with Crippen LogP contribution in [0.25, 0.3) is 11.4 Å². The summed E-state index contributed by atoms with van der Waals surface area (Å²) >= 11 is 0. The molecule has 0 aliphatic carbocycles. The molecule has 2 N–H and O–H groups in total. The first-order valence-electron chi connectivity index (χ1n) is 9.48. The Morgan fingerprint density at radius 3 is 2.55 bits per heavy atom. The summed E-state index contributed by atoms with van der Waals surface area (Å²) in [5.41, 5.74) is 0.285. The van der Waals surface area contributed by atoms with Gasteiger partial charge in [0.15, 0.2) is 0 Å². The predicted molar refractivity (Wildman–Crippen MR) is 105 cm³/mol. The topological polar surface area (TPSA) is 96.2 Å². The van der Waals surface area contributed by atoms with Gasteiger partial charge in [0.1, 0.15) is 0 Å². The number of amides is 2. The Morgan fingerprint density at radius 2 is 1.87 bits per heavy atom. The number of nitrogens with zero attached hydrogens (tertiary/aromatic N) is 4. The quantitative estimate of drug-likeness (QED) is 0.653. The van der Waals surface area contributed by atoms with Crippen LogP contribution in [0.5, 0.6) is 0 Å². The van der Waals surface area contributed by atoms with Crippen molar-refractivity contribution >= 4 is 11.7 Å². The summed E-state index contributed by atoms with van der Waals surface area (Å²) in [6, 6.07) is 6.97. The van der Waals surface area contributed by atoms with E-state index in [1.165, 1.54) is 12.1 Å². The van der Waals surface area contributed by atoms with E-state index in [-0.39, 0.29) is 17.8 Å². The maximum absolute atomic E-state index is 12.6. The van der Waals surface area contributed by atoms with E-state index < -0.39 is 17.8 Å². The number of carbonyl (C=O) groups is 1. The summed E-state index contributed by atoms with van der Waals surface area (Å²) in [7, 11) is 1.89. The number of likely N-dealkylation sites (N-methyl/N-ethyl adjacent to an activating group) is 1. The molecule has 4 rings (SSSR count). The van der Waals surface area contributed by atoms with Crippen LogP contribution in [0, 0.1) is 0 Å². The SMILES string of the molecule is CN1CC(NC(=O)Nc2ccc(C(F)(F)F)cc2)CC1c1nc(-c2ccncc2)no1. The Hall–Kier alpha value is -3.47. The molecule has 2 aromatic heterocycles. The first-order chi connectivity index (χ1) is 14.8. The van der Waals surface area contributed by atoms with Crippen LogP contribution in [0.15, 0.2) is 53.3 Å². The second-order valence-electron chi connectivity index (χ2n) is 7.25. The van der Waals surface area contributed by atoms with Gasteiger partial charge in [-0.05, 0) is 49.9 Å². The molecule has 2 amide bonds. The fourth-order valence-electron chi connectivity index (χ4n) is 3.48. The number of likely N-dealkylation sites (tertiary alicyclic amines) is 1.